The molecule has 0 rings (SSSR count). The van der Waals surface area contributed by atoms with Crippen LogP contribution in [0.15, 0.2) is 0 Å². The second kappa shape index (κ2) is 5.17. The van der Waals surface area contributed by atoms with E-state index in [2.05, 4.69) is 11.4 Å². The topological polar surface area (TPSA) is 62.1 Å². The highest BCUT2D eigenvalue weighted by Gasteiger charge is 2.40. The van der Waals surface area contributed by atoms with Gasteiger partial charge in [0.1, 0.15) is 5.60 Å². The minimum atomic E-state index is -0.658. The molecule has 0 aliphatic carbocycles. The summed E-state index contributed by atoms with van der Waals surface area (Å²) in [5, 5.41) is 12.1. The van der Waals surface area contributed by atoms with Crippen molar-refractivity contribution in [2.45, 2.75) is 67.0 Å². The van der Waals surface area contributed by atoms with Gasteiger partial charge in [-0.15, -0.1) is 0 Å². The van der Waals surface area contributed by atoms with E-state index in [1.54, 1.807) is 0 Å². The zero-order valence-electron chi connectivity index (χ0n) is 12.8. The normalized spacial score (nSPS) is 14.6. The molecule has 0 bridgehead atoms. The van der Waals surface area contributed by atoms with E-state index in [-0.39, 0.29) is 11.5 Å². The summed E-state index contributed by atoms with van der Waals surface area (Å²) in [5.41, 5.74) is -1.42. The molecule has 0 spiro atoms. The van der Waals surface area contributed by atoms with E-state index < -0.39 is 17.1 Å². The number of rotatable bonds is 2. The van der Waals surface area contributed by atoms with Crippen LogP contribution < -0.4 is 5.32 Å². The van der Waals surface area contributed by atoms with Crippen molar-refractivity contribution in [3.63, 3.8) is 0 Å². The lowest BCUT2D eigenvalue weighted by atomic mass is 9.72. The van der Waals surface area contributed by atoms with Crippen LogP contribution in [0.3, 0.4) is 0 Å². The van der Waals surface area contributed by atoms with Crippen LogP contribution in [0.5, 0.6) is 0 Å². The van der Waals surface area contributed by atoms with Crippen LogP contribution in [0.2, 0.25) is 0 Å². The largest absolute Gasteiger partial charge is 0.444 e. The zero-order valence-corrected chi connectivity index (χ0v) is 12.8. The van der Waals surface area contributed by atoms with Crippen LogP contribution in [0.1, 0.15) is 55.4 Å². The fourth-order valence-electron chi connectivity index (χ4n) is 1.97. The van der Waals surface area contributed by atoms with E-state index in [1.807, 2.05) is 55.4 Å². The average molecular weight is 254 g/mol. The SMILES string of the molecule is CC(C)(C)OC(=O)NC(C(C)(C)C)C(C)(C)C#N. The number of nitrogens with one attached hydrogen (secondary N) is 1. The van der Waals surface area contributed by atoms with Gasteiger partial charge in [0, 0.05) is 0 Å². The van der Waals surface area contributed by atoms with Gasteiger partial charge in [-0.2, -0.15) is 5.26 Å². The van der Waals surface area contributed by atoms with Gasteiger partial charge in [-0.25, -0.2) is 4.79 Å². The first-order valence-electron chi connectivity index (χ1n) is 6.20. The average Bonchev–Trinajstić information content (AvgIpc) is 2.09. The molecule has 0 aromatic heterocycles. The van der Waals surface area contributed by atoms with E-state index >= 15 is 0 Å². The molecule has 4 heteroatoms. The number of hydrogen-bond acceptors (Lipinski definition) is 3. The molecule has 0 saturated carbocycles. The Morgan fingerprint density at radius 1 is 1.11 bits per heavy atom. The van der Waals surface area contributed by atoms with Crippen molar-refractivity contribution >= 4 is 6.09 Å². The monoisotopic (exact) mass is 254 g/mol. The second-order valence-corrected chi connectivity index (χ2v) is 7.28. The highest BCUT2D eigenvalue weighted by Crippen LogP contribution is 2.33. The van der Waals surface area contributed by atoms with E-state index in [0.717, 1.165) is 0 Å². The summed E-state index contributed by atoms with van der Waals surface area (Å²) in [4.78, 5) is 11.8. The molecule has 0 aromatic carbocycles. The summed E-state index contributed by atoms with van der Waals surface area (Å²) in [6.45, 7) is 15.1. The number of carbonyl (C=O) groups excluding carboxylic acids is 1. The number of carbonyl (C=O) groups is 1. The quantitative estimate of drug-likeness (QED) is 0.820. The van der Waals surface area contributed by atoms with Gasteiger partial charge < -0.3 is 10.1 Å². The van der Waals surface area contributed by atoms with Crippen molar-refractivity contribution in [2.75, 3.05) is 0 Å². The van der Waals surface area contributed by atoms with Crippen LogP contribution in [0.25, 0.3) is 0 Å². The Morgan fingerprint density at radius 3 is 1.83 bits per heavy atom. The molecular formula is C14H26N2O2. The van der Waals surface area contributed by atoms with Crippen molar-refractivity contribution in [3.05, 3.63) is 0 Å². The second-order valence-electron chi connectivity index (χ2n) is 7.28. The predicted molar refractivity (Wildman–Crippen MR) is 72.0 cm³/mol. The highest BCUT2D eigenvalue weighted by atomic mass is 16.6. The molecule has 1 N–H and O–H groups in total. The van der Waals surface area contributed by atoms with Gasteiger partial charge >= 0.3 is 6.09 Å². The first-order chi connectivity index (χ1) is 7.79. The van der Waals surface area contributed by atoms with Crippen LogP contribution in [-0.2, 0) is 4.74 Å². The summed E-state index contributed by atoms with van der Waals surface area (Å²) < 4.78 is 5.24. The molecule has 0 aromatic rings. The molecule has 1 atom stereocenters. The summed E-state index contributed by atoms with van der Waals surface area (Å²) >= 11 is 0. The standard InChI is InChI=1S/C14H26N2O2/c1-12(2,3)10(14(7,8)9-15)16-11(17)18-13(4,5)6/h10H,1-8H3,(H,16,17). The molecule has 0 radical (unpaired) electrons. The lowest BCUT2D eigenvalue weighted by molar-refractivity contribution is 0.0401. The highest BCUT2D eigenvalue weighted by molar-refractivity contribution is 5.68. The van der Waals surface area contributed by atoms with E-state index in [4.69, 9.17) is 4.74 Å². The van der Waals surface area contributed by atoms with Gasteiger partial charge in [-0.1, -0.05) is 20.8 Å². The molecule has 1 unspecified atom stereocenters. The first-order valence-corrected chi connectivity index (χ1v) is 6.20. The first kappa shape index (κ1) is 16.8. The number of alkyl carbamates (subject to hydrolysis) is 1. The third-order valence-electron chi connectivity index (χ3n) is 2.54. The van der Waals surface area contributed by atoms with Gasteiger partial charge in [0.05, 0.1) is 17.5 Å². The molecule has 0 saturated heterocycles. The Balaban J connectivity index is 4.97. The van der Waals surface area contributed by atoms with Gasteiger partial charge in [0.2, 0.25) is 0 Å². The molecule has 18 heavy (non-hydrogen) atoms. The molecule has 0 aliphatic heterocycles. The molecule has 1 amide bonds. The number of amides is 1. The van der Waals surface area contributed by atoms with Crippen molar-refractivity contribution in [1.82, 2.24) is 5.32 Å². The summed E-state index contributed by atoms with van der Waals surface area (Å²) in [6.07, 6.45) is -0.481. The third kappa shape index (κ3) is 5.39. The van der Waals surface area contributed by atoms with Crippen LogP contribution in [-0.4, -0.2) is 17.7 Å². The van der Waals surface area contributed by atoms with Gasteiger partial charge in [-0.05, 0) is 40.0 Å². The number of hydrogen-bond donors (Lipinski definition) is 1. The summed E-state index contributed by atoms with van der Waals surface area (Å²) in [7, 11) is 0. The van der Waals surface area contributed by atoms with Crippen molar-refractivity contribution in [3.8, 4) is 6.07 Å². The Bertz CT molecular complexity index is 340. The van der Waals surface area contributed by atoms with Crippen molar-refractivity contribution in [2.24, 2.45) is 10.8 Å². The van der Waals surface area contributed by atoms with Crippen molar-refractivity contribution in [1.29, 1.82) is 5.26 Å². The number of nitriles is 1. The molecule has 4 nitrogen and oxygen atoms in total. The Labute approximate surface area is 111 Å². The van der Waals surface area contributed by atoms with E-state index in [0.29, 0.717) is 0 Å². The smallest absolute Gasteiger partial charge is 0.407 e. The Kier molecular flexibility index (Phi) is 4.82. The molecule has 0 heterocycles. The minimum absolute atomic E-state index is 0.226. The minimum Gasteiger partial charge on any atom is -0.444 e. The van der Waals surface area contributed by atoms with E-state index in [1.165, 1.54) is 0 Å². The lowest BCUT2D eigenvalue weighted by Crippen LogP contribution is -2.53. The van der Waals surface area contributed by atoms with Gasteiger partial charge in [0.25, 0.3) is 0 Å². The predicted octanol–water partition coefficient (Wildman–Crippen LogP) is 3.48. The molecule has 104 valence electrons. The Hall–Kier alpha value is -1.24. The van der Waals surface area contributed by atoms with Gasteiger partial charge in [-0.3, -0.25) is 0 Å². The maximum absolute atomic E-state index is 11.8. The molecule has 0 aliphatic rings. The fraction of sp³-hybridized carbons (Fsp3) is 0.857. The summed E-state index contributed by atoms with van der Waals surface area (Å²) in [6, 6.07) is 1.96. The number of ether oxygens (including phenoxy) is 1. The van der Waals surface area contributed by atoms with Crippen LogP contribution in [0.4, 0.5) is 4.79 Å². The molecular weight excluding hydrogens is 228 g/mol. The van der Waals surface area contributed by atoms with Crippen molar-refractivity contribution < 1.29 is 9.53 Å². The number of nitrogens with zero attached hydrogens (tertiary/aromatic N) is 1. The maximum Gasteiger partial charge on any atom is 0.407 e. The third-order valence-corrected chi connectivity index (χ3v) is 2.54. The van der Waals surface area contributed by atoms with E-state index in [9.17, 15) is 10.1 Å². The van der Waals surface area contributed by atoms with Crippen LogP contribution in [0, 0.1) is 22.2 Å². The van der Waals surface area contributed by atoms with Crippen LogP contribution >= 0.6 is 0 Å². The summed E-state index contributed by atoms with van der Waals surface area (Å²) in [5.74, 6) is 0. The van der Waals surface area contributed by atoms with Gasteiger partial charge in [0.15, 0.2) is 0 Å². The zero-order chi connectivity index (χ0) is 14.8. The Morgan fingerprint density at radius 2 is 1.56 bits per heavy atom. The fourth-order valence-corrected chi connectivity index (χ4v) is 1.97. The molecule has 0 fully saturated rings. The lowest BCUT2D eigenvalue weighted by Gasteiger charge is -2.39. The maximum atomic E-state index is 11.8.